The normalized spacial score (nSPS) is 12.6. The van der Waals surface area contributed by atoms with Crippen LogP contribution in [0.3, 0.4) is 0 Å². The van der Waals surface area contributed by atoms with Crippen LogP contribution in [-0.4, -0.2) is 38.0 Å². The lowest BCUT2D eigenvalue weighted by molar-refractivity contribution is -0.118. The molecule has 0 unspecified atom stereocenters. The Morgan fingerprint density at radius 3 is 2.26 bits per heavy atom. The molecule has 2 N–H and O–H groups in total. The molecule has 0 spiro atoms. The van der Waals surface area contributed by atoms with Gasteiger partial charge in [0.1, 0.15) is 11.5 Å². The molecule has 2 amide bonds. The summed E-state index contributed by atoms with van der Waals surface area (Å²) in [4.78, 5) is 34.0. The first-order valence-electron chi connectivity index (χ1n) is 14.6. The van der Waals surface area contributed by atoms with E-state index in [1.54, 1.807) is 83.7 Å². The van der Waals surface area contributed by atoms with E-state index in [9.17, 15) is 9.59 Å². The molecule has 5 aromatic rings. The number of imide groups is 1. The van der Waals surface area contributed by atoms with E-state index < -0.39 is 17.5 Å². The number of amidine groups is 1. The van der Waals surface area contributed by atoms with Crippen LogP contribution in [0.1, 0.15) is 40.0 Å². The van der Waals surface area contributed by atoms with Gasteiger partial charge in [-0.2, -0.15) is 5.10 Å². The molecule has 0 saturated carbocycles. The Morgan fingerprint density at radius 1 is 0.872 bits per heavy atom. The average Bonchev–Trinajstić information content (AvgIpc) is 3.44. The molecule has 12 heteroatoms. The molecule has 0 saturated heterocycles. The van der Waals surface area contributed by atoms with Crippen molar-refractivity contribution in [1.82, 2.24) is 14.7 Å². The van der Waals surface area contributed by atoms with Crippen molar-refractivity contribution >= 4 is 86.4 Å². The number of aliphatic imine (C=N–C) groups is 1. The van der Waals surface area contributed by atoms with Gasteiger partial charge in [0.15, 0.2) is 5.69 Å². The second-order valence-corrected chi connectivity index (χ2v) is 12.4. The third kappa shape index (κ3) is 6.96. The number of carbonyl (C=O) groups excluding carboxylic acids is 2. The van der Waals surface area contributed by atoms with E-state index in [-0.39, 0.29) is 18.1 Å². The first-order chi connectivity index (χ1) is 22.7. The van der Waals surface area contributed by atoms with Crippen LogP contribution in [0.4, 0.5) is 5.69 Å². The SMILES string of the molecule is N=C(C(=O)N(C(=O)c1nn(Cc2ccc(Cl)cc2Cl)c2ccccc12)C1=NC=CCC1)c1ccccc1NCc1ccc(Cl)cc1Cl. The summed E-state index contributed by atoms with van der Waals surface area (Å²) in [7, 11) is 0. The summed E-state index contributed by atoms with van der Waals surface area (Å²) < 4.78 is 1.66. The molecule has 1 aliphatic heterocycles. The third-order valence-electron chi connectivity index (χ3n) is 7.62. The Labute approximate surface area is 290 Å². The summed E-state index contributed by atoms with van der Waals surface area (Å²) in [5.74, 6) is -1.29. The van der Waals surface area contributed by atoms with Crippen molar-refractivity contribution in [3.63, 3.8) is 0 Å². The van der Waals surface area contributed by atoms with Gasteiger partial charge in [0.25, 0.3) is 11.8 Å². The smallest absolute Gasteiger partial charge is 0.287 e. The summed E-state index contributed by atoms with van der Waals surface area (Å²) in [5.41, 5.74) is 2.69. The fraction of sp³-hybridized carbons (Fsp3) is 0.114. The van der Waals surface area contributed by atoms with Crippen LogP contribution in [0, 0.1) is 5.41 Å². The van der Waals surface area contributed by atoms with Crippen LogP contribution >= 0.6 is 46.4 Å². The van der Waals surface area contributed by atoms with Crippen LogP contribution in [0.5, 0.6) is 0 Å². The Hall–Kier alpha value is -4.47. The molecule has 4 aromatic carbocycles. The van der Waals surface area contributed by atoms with Crippen molar-refractivity contribution in [1.29, 1.82) is 5.41 Å². The second kappa shape index (κ2) is 14.1. The number of halogens is 4. The molecule has 6 rings (SSSR count). The van der Waals surface area contributed by atoms with Crippen LogP contribution in [0.15, 0.2) is 102 Å². The number of rotatable bonds is 8. The van der Waals surface area contributed by atoms with Gasteiger partial charge in [0.2, 0.25) is 0 Å². The Bertz CT molecular complexity index is 2110. The van der Waals surface area contributed by atoms with Crippen molar-refractivity contribution in [2.24, 2.45) is 4.99 Å². The van der Waals surface area contributed by atoms with Crippen LogP contribution < -0.4 is 5.32 Å². The topological polar surface area (TPSA) is 103 Å². The Morgan fingerprint density at radius 2 is 1.55 bits per heavy atom. The summed E-state index contributed by atoms with van der Waals surface area (Å²) in [6, 6.07) is 24.5. The summed E-state index contributed by atoms with van der Waals surface area (Å²) in [5, 5.41) is 19.5. The fourth-order valence-electron chi connectivity index (χ4n) is 5.25. The predicted molar refractivity (Wildman–Crippen MR) is 189 cm³/mol. The Kier molecular flexibility index (Phi) is 9.75. The highest BCUT2D eigenvalue weighted by molar-refractivity contribution is 6.50. The number of anilines is 1. The first kappa shape index (κ1) is 32.5. The number of nitrogens with zero attached hydrogens (tertiary/aromatic N) is 4. The van der Waals surface area contributed by atoms with Crippen LogP contribution in [-0.2, 0) is 17.9 Å². The van der Waals surface area contributed by atoms with Gasteiger partial charge in [-0.25, -0.2) is 9.89 Å². The van der Waals surface area contributed by atoms with E-state index in [1.807, 2.05) is 18.2 Å². The van der Waals surface area contributed by atoms with Gasteiger partial charge in [-0.15, -0.1) is 0 Å². The van der Waals surface area contributed by atoms with Gasteiger partial charge in [0.05, 0.1) is 12.1 Å². The van der Waals surface area contributed by atoms with E-state index in [0.29, 0.717) is 61.6 Å². The number of hydrogen-bond donors (Lipinski definition) is 2. The lowest BCUT2D eigenvalue weighted by Gasteiger charge is -2.23. The number of benzene rings is 4. The van der Waals surface area contributed by atoms with E-state index >= 15 is 0 Å². The van der Waals surface area contributed by atoms with Crippen molar-refractivity contribution in [3.8, 4) is 0 Å². The zero-order valence-electron chi connectivity index (χ0n) is 24.7. The molecule has 8 nitrogen and oxygen atoms in total. The Balaban J connectivity index is 1.35. The van der Waals surface area contributed by atoms with Gasteiger partial charge in [-0.05, 0) is 53.9 Å². The number of amides is 2. The van der Waals surface area contributed by atoms with Crippen molar-refractivity contribution in [2.75, 3.05) is 5.32 Å². The average molecular weight is 704 g/mol. The number of nitrogens with one attached hydrogen (secondary N) is 2. The molecule has 0 bridgehead atoms. The first-order valence-corrected chi connectivity index (χ1v) is 16.1. The molecule has 0 aliphatic carbocycles. The molecule has 0 atom stereocenters. The zero-order chi connectivity index (χ0) is 33.1. The largest absolute Gasteiger partial charge is 0.380 e. The number of hydrogen-bond acceptors (Lipinski definition) is 6. The minimum absolute atomic E-state index is 0.0490. The maximum absolute atomic E-state index is 14.4. The maximum atomic E-state index is 14.4. The van der Waals surface area contributed by atoms with Crippen molar-refractivity contribution < 1.29 is 9.59 Å². The van der Waals surface area contributed by atoms with Crippen molar-refractivity contribution in [3.05, 3.63) is 140 Å². The maximum Gasteiger partial charge on any atom is 0.287 e. The van der Waals surface area contributed by atoms with Crippen LogP contribution in [0.2, 0.25) is 20.1 Å². The number of carbonyl (C=O) groups is 2. The van der Waals surface area contributed by atoms with E-state index in [2.05, 4.69) is 15.4 Å². The summed E-state index contributed by atoms with van der Waals surface area (Å²) in [6.45, 7) is 0.573. The van der Waals surface area contributed by atoms with Gasteiger partial charge < -0.3 is 5.32 Å². The molecule has 0 fully saturated rings. The number of allylic oxidation sites excluding steroid dienone is 1. The standard InChI is InChI=1S/C35H26Cl4N6O2/c36-23-14-12-21(27(38)17-23)19-42-29-9-3-1-7-25(29)32(40)34(46)45(31-11-5-6-16-41-31)35(47)33-26-8-2-4-10-30(26)44(43-33)20-22-13-15-24(37)18-28(22)39/h1-4,6-10,12-18,40,42H,5,11,19-20H2. The summed E-state index contributed by atoms with van der Waals surface area (Å²) >= 11 is 25.0. The molecule has 2 heterocycles. The minimum atomic E-state index is -0.831. The predicted octanol–water partition coefficient (Wildman–Crippen LogP) is 9.05. The molecular formula is C35H26Cl4N6O2. The molecule has 0 radical (unpaired) electrons. The van der Waals surface area contributed by atoms with E-state index in [0.717, 1.165) is 16.0 Å². The molecule has 1 aliphatic rings. The van der Waals surface area contributed by atoms with E-state index in [1.165, 1.54) is 0 Å². The van der Waals surface area contributed by atoms with Crippen LogP contribution in [0.25, 0.3) is 10.9 Å². The zero-order valence-corrected chi connectivity index (χ0v) is 27.7. The minimum Gasteiger partial charge on any atom is -0.380 e. The number of fused-ring (bicyclic) bond motifs is 1. The fourth-order valence-corrected chi connectivity index (χ4v) is 6.19. The van der Waals surface area contributed by atoms with Gasteiger partial charge >= 0.3 is 0 Å². The number of para-hydroxylation sites is 2. The molecule has 47 heavy (non-hydrogen) atoms. The summed E-state index contributed by atoms with van der Waals surface area (Å²) in [6.07, 6.45) is 4.31. The second-order valence-electron chi connectivity index (χ2n) is 10.7. The highest BCUT2D eigenvalue weighted by Crippen LogP contribution is 2.27. The lowest BCUT2D eigenvalue weighted by atomic mass is 10.0. The highest BCUT2D eigenvalue weighted by atomic mass is 35.5. The highest BCUT2D eigenvalue weighted by Gasteiger charge is 2.34. The third-order valence-corrected chi connectivity index (χ3v) is 8.79. The van der Waals surface area contributed by atoms with Gasteiger partial charge in [0, 0.05) is 55.9 Å². The van der Waals surface area contributed by atoms with E-state index in [4.69, 9.17) is 51.8 Å². The van der Waals surface area contributed by atoms with Gasteiger partial charge in [-0.3, -0.25) is 19.7 Å². The monoisotopic (exact) mass is 702 g/mol. The lowest BCUT2D eigenvalue weighted by Crippen LogP contribution is -2.46. The number of aromatic nitrogens is 2. The van der Waals surface area contributed by atoms with Gasteiger partial charge in [-0.1, -0.05) is 101 Å². The van der Waals surface area contributed by atoms with Crippen molar-refractivity contribution in [2.45, 2.75) is 25.9 Å². The molecule has 1 aromatic heterocycles. The quantitative estimate of drug-likeness (QED) is 0.157. The molecule has 236 valence electrons. The molecular weight excluding hydrogens is 678 g/mol.